The molecule has 0 unspecified atom stereocenters. The van der Waals surface area contributed by atoms with Gasteiger partial charge in [0.25, 0.3) is 0 Å². The van der Waals surface area contributed by atoms with Crippen molar-refractivity contribution < 1.29 is 5.21 Å². The molecule has 50 valence electrons. The number of nitrogens with zero attached hydrogens (tertiary/aromatic N) is 1. The Hall–Kier alpha value is -0.530. The van der Waals surface area contributed by atoms with Gasteiger partial charge in [0.05, 0.1) is 5.71 Å². The Kier molecular flexibility index (Phi) is 1.01. The zero-order chi connectivity index (χ0) is 6.27. The highest BCUT2D eigenvalue weighted by molar-refractivity contribution is 5.89. The van der Waals surface area contributed by atoms with Gasteiger partial charge in [0.2, 0.25) is 0 Å². The zero-order valence-corrected chi connectivity index (χ0v) is 5.38. The quantitative estimate of drug-likeness (QED) is 0.387. The molecule has 2 fully saturated rings. The molecule has 0 aromatic heterocycles. The molecular formula is C7H11NO. The van der Waals surface area contributed by atoms with Crippen LogP contribution in [0.15, 0.2) is 5.16 Å². The van der Waals surface area contributed by atoms with Gasteiger partial charge in [0, 0.05) is 5.92 Å². The minimum absolute atomic E-state index is 0.653. The van der Waals surface area contributed by atoms with E-state index in [1.54, 1.807) is 0 Å². The summed E-state index contributed by atoms with van der Waals surface area (Å²) in [6, 6.07) is 0. The maximum Gasteiger partial charge on any atom is 0.0604 e. The minimum atomic E-state index is 0.653. The van der Waals surface area contributed by atoms with Crippen molar-refractivity contribution in [2.45, 2.75) is 25.7 Å². The van der Waals surface area contributed by atoms with Crippen molar-refractivity contribution in [3.05, 3.63) is 0 Å². The molecule has 2 rings (SSSR count). The summed E-state index contributed by atoms with van der Waals surface area (Å²) in [4.78, 5) is 0. The number of oxime groups is 1. The summed E-state index contributed by atoms with van der Waals surface area (Å²) in [5.74, 6) is 1.51. The molecule has 0 aromatic rings. The van der Waals surface area contributed by atoms with Gasteiger partial charge < -0.3 is 5.21 Å². The van der Waals surface area contributed by atoms with Gasteiger partial charge in [0.15, 0.2) is 0 Å². The highest BCUT2D eigenvalue weighted by Crippen LogP contribution is 2.42. The van der Waals surface area contributed by atoms with Gasteiger partial charge in [-0.05, 0) is 31.6 Å². The van der Waals surface area contributed by atoms with E-state index in [4.69, 9.17) is 5.21 Å². The first-order valence-electron chi connectivity index (χ1n) is 3.61. The normalized spacial score (nSPS) is 44.7. The van der Waals surface area contributed by atoms with Gasteiger partial charge in [-0.1, -0.05) is 5.16 Å². The number of hydrogen-bond donors (Lipinski definition) is 1. The Morgan fingerprint density at radius 3 is 2.67 bits per heavy atom. The Morgan fingerprint density at radius 2 is 2.33 bits per heavy atom. The van der Waals surface area contributed by atoms with E-state index in [0.717, 1.165) is 18.1 Å². The number of hydrogen-bond acceptors (Lipinski definition) is 2. The summed E-state index contributed by atoms with van der Waals surface area (Å²) in [5, 5.41) is 11.8. The number of rotatable bonds is 0. The van der Waals surface area contributed by atoms with Crippen molar-refractivity contribution in [3.8, 4) is 0 Å². The maximum absolute atomic E-state index is 8.48. The van der Waals surface area contributed by atoms with E-state index in [1.165, 1.54) is 19.3 Å². The molecule has 2 nitrogen and oxygen atoms in total. The third-order valence-electron chi connectivity index (χ3n) is 2.64. The van der Waals surface area contributed by atoms with Crippen molar-refractivity contribution in [1.82, 2.24) is 0 Å². The van der Waals surface area contributed by atoms with Crippen LogP contribution in [0.25, 0.3) is 0 Å². The summed E-state index contributed by atoms with van der Waals surface area (Å²) < 4.78 is 0. The van der Waals surface area contributed by atoms with Gasteiger partial charge in [-0.25, -0.2) is 0 Å². The predicted molar refractivity (Wildman–Crippen MR) is 34.7 cm³/mol. The molecule has 2 heteroatoms. The third-order valence-corrected chi connectivity index (χ3v) is 2.64. The van der Waals surface area contributed by atoms with E-state index >= 15 is 0 Å². The highest BCUT2D eigenvalue weighted by Gasteiger charge is 2.36. The first-order chi connectivity index (χ1) is 4.40. The summed E-state index contributed by atoms with van der Waals surface area (Å²) in [6.07, 6.45) is 4.99. The summed E-state index contributed by atoms with van der Waals surface area (Å²) in [5.41, 5.74) is 1.06. The fourth-order valence-electron chi connectivity index (χ4n) is 2.15. The molecule has 0 saturated heterocycles. The van der Waals surface area contributed by atoms with E-state index in [1.807, 2.05) is 0 Å². The second-order valence-electron chi connectivity index (χ2n) is 3.17. The molecule has 2 bridgehead atoms. The molecule has 1 N–H and O–H groups in total. The van der Waals surface area contributed by atoms with Crippen LogP contribution in [0.4, 0.5) is 0 Å². The van der Waals surface area contributed by atoms with Crippen molar-refractivity contribution in [2.75, 3.05) is 0 Å². The molecule has 0 radical (unpaired) electrons. The van der Waals surface area contributed by atoms with Crippen molar-refractivity contribution in [2.24, 2.45) is 17.0 Å². The summed E-state index contributed by atoms with van der Waals surface area (Å²) in [7, 11) is 0. The van der Waals surface area contributed by atoms with Crippen molar-refractivity contribution in [3.63, 3.8) is 0 Å². The van der Waals surface area contributed by atoms with Crippen LogP contribution in [0.3, 0.4) is 0 Å². The van der Waals surface area contributed by atoms with Gasteiger partial charge in [-0.3, -0.25) is 0 Å². The predicted octanol–water partition coefficient (Wildman–Crippen LogP) is 1.64. The first kappa shape index (κ1) is 5.27. The molecule has 9 heavy (non-hydrogen) atoms. The molecule has 0 heterocycles. The summed E-state index contributed by atoms with van der Waals surface area (Å²) in [6.45, 7) is 0. The average Bonchev–Trinajstić information content (AvgIpc) is 2.45. The van der Waals surface area contributed by atoms with Gasteiger partial charge in [-0.15, -0.1) is 0 Å². The maximum atomic E-state index is 8.48. The van der Waals surface area contributed by atoms with Crippen LogP contribution in [0.2, 0.25) is 0 Å². The SMILES string of the molecule is ON=C1C[C@H]2CC[C@@H]1C2. The Labute approximate surface area is 54.6 Å². The van der Waals surface area contributed by atoms with Crippen molar-refractivity contribution >= 4 is 5.71 Å². The second kappa shape index (κ2) is 1.72. The van der Waals surface area contributed by atoms with E-state index in [9.17, 15) is 0 Å². The van der Waals surface area contributed by atoms with Crippen LogP contribution in [0, 0.1) is 11.8 Å². The Balaban J connectivity index is 2.18. The molecule has 0 aromatic carbocycles. The lowest BCUT2D eigenvalue weighted by Gasteiger charge is -2.08. The molecule has 0 amide bonds. The highest BCUT2D eigenvalue weighted by atomic mass is 16.4. The standard InChI is InChI=1S/C7H11NO/c9-8-7-4-5-1-2-6(7)3-5/h5-6,9H,1-4H2/t5-,6+/m0/s1. The number of fused-ring (bicyclic) bond motifs is 2. The minimum Gasteiger partial charge on any atom is -0.411 e. The van der Waals surface area contributed by atoms with Crippen LogP contribution in [0.5, 0.6) is 0 Å². The van der Waals surface area contributed by atoms with Crippen LogP contribution in [-0.2, 0) is 0 Å². The van der Waals surface area contributed by atoms with E-state index in [2.05, 4.69) is 5.16 Å². The molecule has 2 saturated carbocycles. The second-order valence-corrected chi connectivity index (χ2v) is 3.17. The van der Waals surface area contributed by atoms with Gasteiger partial charge in [0.1, 0.15) is 0 Å². The van der Waals surface area contributed by atoms with E-state index in [0.29, 0.717) is 5.92 Å². The Bertz CT molecular complexity index is 153. The fourth-order valence-corrected chi connectivity index (χ4v) is 2.15. The average molecular weight is 125 g/mol. The first-order valence-corrected chi connectivity index (χ1v) is 3.61. The van der Waals surface area contributed by atoms with E-state index < -0.39 is 0 Å². The monoisotopic (exact) mass is 125 g/mol. The fraction of sp³-hybridized carbons (Fsp3) is 0.857. The molecule has 0 spiro atoms. The third kappa shape index (κ3) is 0.655. The van der Waals surface area contributed by atoms with Crippen LogP contribution < -0.4 is 0 Å². The van der Waals surface area contributed by atoms with Crippen LogP contribution in [-0.4, -0.2) is 10.9 Å². The smallest absolute Gasteiger partial charge is 0.0604 e. The molecule has 0 aliphatic heterocycles. The lowest BCUT2D eigenvalue weighted by Crippen LogP contribution is -2.08. The van der Waals surface area contributed by atoms with Gasteiger partial charge in [-0.2, -0.15) is 0 Å². The molecule has 2 aliphatic rings. The van der Waals surface area contributed by atoms with E-state index in [-0.39, 0.29) is 0 Å². The Morgan fingerprint density at radius 1 is 1.44 bits per heavy atom. The molecular weight excluding hydrogens is 114 g/mol. The molecule has 2 atom stereocenters. The van der Waals surface area contributed by atoms with Crippen LogP contribution in [0.1, 0.15) is 25.7 Å². The topological polar surface area (TPSA) is 32.6 Å². The summed E-state index contributed by atoms with van der Waals surface area (Å²) >= 11 is 0. The largest absolute Gasteiger partial charge is 0.411 e. The van der Waals surface area contributed by atoms with Crippen LogP contribution >= 0.6 is 0 Å². The van der Waals surface area contributed by atoms with Crippen molar-refractivity contribution in [1.29, 1.82) is 0 Å². The lowest BCUT2D eigenvalue weighted by molar-refractivity contribution is 0.313. The van der Waals surface area contributed by atoms with Gasteiger partial charge >= 0.3 is 0 Å². The zero-order valence-electron chi connectivity index (χ0n) is 5.38. The molecule has 2 aliphatic carbocycles. The lowest BCUT2D eigenvalue weighted by atomic mass is 9.99.